The van der Waals surface area contributed by atoms with Gasteiger partial charge >= 0.3 is 0 Å². The summed E-state index contributed by atoms with van der Waals surface area (Å²) in [6, 6.07) is 5.85. The van der Waals surface area contributed by atoms with Gasteiger partial charge in [-0.3, -0.25) is 0 Å². The molecule has 0 aliphatic rings. The van der Waals surface area contributed by atoms with Crippen LogP contribution in [0, 0.1) is 5.82 Å². The summed E-state index contributed by atoms with van der Waals surface area (Å²) in [5.41, 5.74) is 0.188. The van der Waals surface area contributed by atoms with Gasteiger partial charge in [0.1, 0.15) is 5.82 Å². The Morgan fingerprint density at radius 2 is 2.00 bits per heavy atom. The first-order chi connectivity index (χ1) is 6.55. The first kappa shape index (κ1) is 11.1. The van der Waals surface area contributed by atoms with Crippen LogP contribution in [0.15, 0.2) is 24.3 Å². The number of sulfonamides is 1. The third-order valence-corrected chi connectivity index (χ3v) is 3.09. The molecule has 1 aromatic carbocycles. The second kappa shape index (κ2) is 4.52. The maximum atomic E-state index is 13.1. The van der Waals surface area contributed by atoms with E-state index in [1.54, 1.807) is 13.0 Å². The Kier molecular flexibility index (Phi) is 3.60. The maximum absolute atomic E-state index is 13.1. The molecule has 1 aromatic rings. The minimum absolute atomic E-state index is 0.188. The van der Waals surface area contributed by atoms with E-state index in [1.807, 2.05) is 0 Å². The monoisotopic (exact) mass is 217 g/mol. The number of nitrogens with one attached hydrogen (secondary N) is 1. The number of rotatable bonds is 4. The van der Waals surface area contributed by atoms with Crippen LogP contribution in [-0.4, -0.2) is 15.0 Å². The fourth-order valence-corrected chi connectivity index (χ4v) is 2.28. The zero-order chi connectivity index (χ0) is 10.6. The zero-order valence-electron chi connectivity index (χ0n) is 7.83. The lowest BCUT2D eigenvalue weighted by atomic mass is 10.2. The van der Waals surface area contributed by atoms with Gasteiger partial charge in [-0.05, 0) is 6.07 Å². The van der Waals surface area contributed by atoms with Gasteiger partial charge in [0.2, 0.25) is 10.0 Å². The normalized spacial score (nSPS) is 11.6. The summed E-state index contributed by atoms with van der Waals surface area (Å²) in [5.74, 6) is -0.804. The summed E-state index contributed by atoms with van der Waals surface area (Å²) >= 11 is 0. The van der Waals surface area contributed by atoms with Crippen LogP contribution in [0.2, 0.25) is 0 Å². The number of benzene rings is 1. The van der Waals surface area contributed by atoms with Crippen molar-refractivity contribution in [3.63, 3.8) is 0 Å². The van der Waals surface area contributed by atoms with E-state index in [0.717, 1.165) is 0 Å². The molecule has 0 aromatic heterocycles. The van der Waals surface area contributed by atoms with Gasteiger partial charge in [-0.2, -0.15) is 0 Å². The summed E-state index contributed by atoms with van der Waals surface area (Å²) in [4.78, 5) is 0. The van der Waals surface area contributed by atoms with Crippen LogP contribution in [0.4, 0.5) is 4.39 Å². The molecule has 0 amide bonds. The minimum atomic E-state index is -3.40. The molecule has 0 saturated heterocycles. The van der Waals surface area contributed by atoms with Crippen molar-refractivity contribution >= 4 is 10.0 Å². The van der Waals surface area contributed by atoms with Crippen LogP contribution < -0.4 is 4.72 Å². The third kappa shape index (κ3) is 3.08. The topological polar surface area (TPSA) is 46.2 Å². The molecular weight excluding hydrogens is 205 g/mol. The van der Waals surface area contributed by atoms with Crippen LogP contribution in [0.1, 0.15) is 12.5 Å². The Morgan fingerprint density at radius 1 is 1.36 bits per heavy atom. The molecule has 3 nitrogen and oxygen atoms in total. The molecule has 78 valence electrons. The number of hydrogen-bond acceptors (Lipinski definition) is 2. The summed E-state index contributed by atoms with van der Waals surface area (Å²) in [7, 11) is -3.40. The summed E-state index contributed by atoms with van der Waals surface area (Å²) in [6.07, 6.45) is 0. The van der Waals surface area contributed by atoms with Gasteiger partial charge in [-0.1, -0.05) is 25.1 Å². The van der Waals surface area contributed by atoms with Gasteiger partial charge in [0, 0.05) is 12.1 Å². The molecule has 0 aliphatic heterocycles. The van der Waals surface area contributed by atoms with E-state index in [0.29, 0.717) is 6.54 Å². The highest BCUT2D eigenvalue weighted by molar-refractivity contribution is 7.88. The van der Waals surface area contributed by atoms with Gasteiger partial charge in [0.15, 0.2) is 0 Å². The van der Waals surface area contributed by atoms with E-state index >= 15 is 0 Å². The highest BCUT2D eigenvalue weighted by atomic mass is 32.2. The Hall–Kier alpha value is -0.940. The van der Waals surface area contributed by atoms with Gasteiger partial charge < -0.3 is 0 Å². The van der Waals surface area contributed by atoms with E-state index in [9.17, 15) is 12.8 Å². The molecular formula is C9H12FNO2S. The molecule has 14 heavy (non-hydrogen) atoms. The average Bonchev–Trinajstić information content (AvgIpc) is 2.08. The second-order valence-corrected chi connectivity index (χ2v) is 4.66. The fraction of sp³-hybridized carbons (Fsp3) is 0.333. The Balaban J connectivity index is 2.84. The molecule has 0 heterocycles. The molecule has 0 aliphatic carbocycles. The first-order valence-electron chi connectivity index (χ1n) is 4.26. The molecule has 0 spiro atoms. The van der Waals surface area contributed by atoms with Gasteiger partial charge in [-0.15, -0.1) is 0 Å². The van der Waals surface area contributed by atoms with E-state index in [-0.39, 0.29) is 11.3 Å². The van der Waals surface area contributed by atoms with Crippen molar-refractivity contribution in [1.82, 2.24) is 4.72 Å². The predicted octanol–water partition coefficient (Wildman–Crippen LogP) is 1.26. The maximum Gasteiger partial charge on any atom is 0.215 e. The van der Waals surface area contributed by atoms with Crippen LogP contribution in [0.3, 0.4) is 0 Å². The smallest absolute Gasteiger partial charge is 0.215 e. The Bertz CT molecular complexity index is 403. The molecule has 0 saturated carbocycles. The lowest BCUT2D eigenvalue weighted by Gasteiger charge is -2.04. The molecule has 0 unspecified atom stereocenters. The summed E-state index contributed by atoms with van der Waals surface area (Å²) in [5, 5.41) is 0. The van der Waals surface area contributed by atoms with E-state index in [1.165, 1.54) is 18.2 Å². The Morgan fingerprint density at radius 3 is 2.57 bits per heavy atom. The predicted molar refractivity (Wildman–Crippen MR) is 52.7 cm³/mol. The van der Waals surface area contributed by atoms with Crippen molar-refractivity contribution in [2.75, 3.05) is 6.54 Å². The standard InChI is InChI=1S/C9H12FNO2S/c1-2-11-14(12,13)7-8-5-3-4-6-9(8)10/h3-6,11H,2,7H2,1H3. The highest BCUT2D eigenvalue weighted by Crippen LogP contribution is 2.09. The molecule has 0 atom stereocenters. The molecule has 1 rings (SSSR count). The van der Waals surface area contributed by atoms with Crippen LogP contribution in [0.5, 0.6) is 0 Å². The fourth-order valence-electron chi connectivity index (χ4n) is 1.09. The molecule has 0 fully saturated rings. The van der Waals surface area contributed by atoms with Gasteiger partial charge in [-0.25, -0.2) is 17.5 Å². The molecule has 0 bridgehead atoms. The van der Waals surface area contributed by atoms with E-state index < -0.39 is 15.8 Å². The van der Waals surface area contributed by atoms with Crippen LogP contribution >= 0.6 is 0 Å². The largest absolute Gasteiger partial charge is 0.215 e. The van der Waals surface area contributed by atoms with E-state index in [2.05, 4.69) is 4.72 Å². The summed E-state index contributed by atoms with van der Waals surface area (Å²) < 4.78 is 37.9. The van der Waals surface area contributed by atoms with Gasteiger partial charge in [0.25, 0.3) is 0 Å². The van der Waals surface area contributed by atoms with Crippen LogP contribution in [-0.2, 0) is 15.8 Å². The average molecular weight is 217 g/mol. The summed E-state index contributed by atoms with van der Waals surface area (Å²) in [6.45, 7) is 2.00. The quantitative estimate of drug-likeness (QED) is 0.825. The van der Waals surface area contributed by atoms with Crippen molar-refractivity contribution in [3.8, 4) is 0 Å². The molecule has 1 N–H and O–H groups in total. The first-order valence-corrected chi connectivity index (χ1v) is 5.91. The third-order valence-electron chi connectivity index (χ3n) is 1.67. The minimum Gasteiger partial charge on any atom is -0.215 e. The molecule has 0 radical (unpaired) electrons. The lowest BCUT2D eigenvalue weighted by molar-refractivity contribution is 0.576. The second-order valence-electron chi connectivity index (χ2n) is 2.85. The number of hydrogen-bond donors (Lipinski definition) is 1. The number of halogens is 1. The Labute approximate surface area is 83.0 Å². The zero-order valence-corrected chi connectivity index (χ0v) is 8.64. The SMILES string of the molecule is CCNS(=O)(=O)Cc1ccccc1F. The van der Waals surface area contributed by atoms with Crippen molar-refractivity contribution in [2.45, 2.75) is 12.7 Å². The van der Waals surface area contributed by atoms with Crippen molar-refractivity contribution < 1.29 is 12.8 Å². The van der Waals surface area contributed by atoms with E-state index in [4.69, 9.17) is 0 Å². The molecule has 5 heteroatoms. The lowest BCUT2D eigenvalue weighted by Crippen LogP contribution is -2.24. The van der Waals surface area contributed by atoms with Crippen LogP contribution in [0.25, 0.3) is 0 Å². The highest BCUT2D eigenvalue weighted by Gasteiger charge is 2.12. The van der Waals surface area contributed by atoms with Crippen molar-refractivity contribution in [2.24, 2.45) is 0 Å². The van der Waals surface area contributed by atoms with Gasteiger partial charge in [0.05, 0.1) is 5.75 Å². The van der Waals surface area contributed by atoms with Crippen molar-refractivity contribution in [3.05, 3.63) is 35.6 Å². The van der Waals surface area contributed by atoms with Crippen molar-refractivity contribution in [1.29, 1.82) is 0 Å².